The maximum absolute atomic E-state index is 11.8. The van der Waals surface area contributed by atoms with Crippen LogP contribution in [0.25, 0.3) is 0 Å². The van der Waals surface area contributed by atoms with Crippen LogP contribution in [0.3, 0.4) is 0 Å². The highest BCUT2D eigenvalue weighted by molar-refractivity contribution is 5.90. The van der Waals surface area contributed by atoms with Crippen molar-refractivity contribution in [2.24, 2.45) is 10.7 Å². The summed E-state index contributed by atoms with van der Waals surface area (Å²) in [5.41, 5.74) is 5.87. The fraction of sp³-hybridized carbons (Fsp3) is 0.684. The zero-order valence-electron chi connectivity index (χ0n) is 18.9. The first kappa shape index (κ1) is 26.7. The lowest BCUT2D eigenvalue weighted by molar-refractivity contribution is -0.117. The zero-order chi connectivity index (χ0) is 23.6. The first-order valence-electron chi connectivity index (χ1n) is 10.8. The number of guanidine groups is 1. The first-order valence-corrected chi connectivity index (χ1v) is 10.8. The number of Topliss-reactive ketones (excluding diaryl/α,β-unsaturated/α-hetero) is 1. The highest BCUT2D eigenvalue weighted by Gasteiger charge is 2.05. The summed E-state index contributed by atoms with van der Waals surface area (Å²) in [6, 6.07) is -0.312. The van der Waals surface area contributed by atoms with Crippen LogP contribution in [0, 0.1) is 5.41 Å². The van der Waals surface area contributed by atoms with Crippen LogP contribution in [0.1, 0.15) is 58.2 Å². The maximum Gasteiger partial charge on any atom is 0.315 e. The number of hydrogen-bond acceptors (Lipinski definition) is 9. The van der Waals surface area contributed by atoms with Crippen molar-refractivity contribution in [3.63, 3.8) is 0 Å². The van der Waals surface area contributed by atoms with Crippen LogP contribution in [0.2, 0.25) is 0 Å². The Labute approximate surface area is 188 Å². The number of anilines is 1. The standard InChI is InChI=1S/C19H35N11O2/c1-3-22-17(21)24-13-16-27-29-18(30-28-16)25-11-15(20)12-26-19(32)23-10-8-6-4-5-7-9-14(2)31/h20H,3-13H2,1-2H3,(H3,21,22,24)(H2,23,26,32)(H,25,29,30). The lowest BCUT2D eigenvalue weighted by Gasteiger charge is -2.09. The monoisotopic (exact) mass is 449 g/mol. The van der Waals surface area contributed by atoms with Crippen LogP contribution < -0.4 is 27.0 Å². The molecule has 1 aromatic heterocycles. The van der Waals surface area contributed by atoms with Gasteiger partial charge >= 0.3 is 6.03 Å². The van der Waals surface area contributed by atoms with E-state index in [0.29, 0.717) is 31.3 Å². The van der Waals surface area contributed by atoms with Gasteiger partial charge < -0.3 is 37.2 Å². The second-order valence-corrected chi connectivity index (χ2v) is 7.16. The number of nitrogens with one attached hydrogen (secondary N) is 5. The molecule has 32 heavy (non-hydrogen) atoms. The summed E-state index contributed by atoms with van der Waals surface area (Å²) in [6.07, 6.45) is 5.55. The SMILES string of the molecule is CCNC(N)=NCc1nnc(NCC(=N)CNC(=O)NCCCCCCCC(C)=O)nn1. The van der Waals surface area contributed by atoms with Gasteiger partial charge in [-0.3, -0.25) is 0 Å². The third kappa shape index (κ3) is 13.8. The number of aliphatic imine (C=N–C) groups is 1. The van der Waals surface area contributed by atoms with Crippen LogP contribution in [-0.2, 0) is 11.3 Å². The minimum Gasteiger partial charge on any atom is -0.370 e. The van der Waals surface area contributed by atoms with Gasteiger partial charge in [-0.15, -0.1) is 20.4 Å². The van der Waals surface area contributed by atoms with Gasteiger partial charge in [0.25, 0.3) is 5.95 Å². The van der Waals surface area contributed by atoms with Gasteiger partial charge in [0.1, 0.15) is 12.3 Å². The lowest BCUT2D eigenvalue weighted by atomic mass is 10.1. The number of ketones is 1. The highest BCUT2D eigenvalue weighted by Crippen LogP contribution is 2.05. The van der Waals surface area contributed by atoms with Crippen molar-refractivity contribution in [3.05, 3.63) is 5.82 Å². The van der Waals surface area contributed by atoms with Gasteiger partial charge in [-0.1, -0.05) is 19.3 Å². The summed E-state index contributed by atoms with van der Waals surface area (Å²) in [5, 5.41) is 34.5. The Hall–Kier alpha value is -3.38. The third-order valence-electron chi connectivity index (χ3n) is 4.18. The molecule has 1 rings (SSSR count). The molecule has 0 aliphatic carbocycles. The molecule has 1 aromatic rings. The average Bonchev–Trinajstić information content (AvgIpc) is 2.77. The average molecular weight is 450 g/mol. The summed E-state index contributed by atoms with van der Waals surface area (Å²) >= 11 is 0. The molecule has 13 nitrogen and oxygen atoms in total. The highest BCUT2D eigenvalue weighted by atomic mass is 16.2. The Bertz CT molecular complexity index is 737. The first-order chi connectivity index (χ1) is 15.4. The van der Waals surface area contributed by atoms with E-state index in [0.717, 1.165) is 32.1 Å². The van der Waals surface area contributed by atoms with Crippen LogP contribution in [-0.4, -0.2) is 70.1 Å². The Balaban J connectivity index is 2.12. The van der Waals surface area contributed by atoms with Crippen LogP contribution >= 0.6 is 0 Å². The van der Waals surface area contributed by atoms with Crippen LogP contribution in [0.4, 0.5) is 10.7 Å². The molecule has 0 atom stereocenters. The van der Waals surface area contributed by atoms with Crippen molar-refractivity contribution in [2.75, 3.05) is 31.5 Å². The number of nitrogens with two attached hydrogens (primary N) is 1. The van der Waals surface area contributed by atoms with Gasteiger partial charge in [0.05, 0.1) is 13.1 Å². The number of hydrogen-bond donors (Lipinski definition) is 6. The Morgan fingerprint density at radius 2 is 1.66 bits per heavy atom. The van der Waals surface area contributed by atoms with E-state index in [9.17, 15) is 9.59 Å². The molecule has 1 heterocycles. The van der Waals surface area contributed by atoms with E-state index >= 15 is 0 Å². The molecule has 0 aromatic carbocycles. The van der Waals surface area contributed by atoms with Crippen LogP contribution in [0.5, 0.6) is 0 Å². The van der Waals surface area contributed by atoms with E-state index in [-0.39, 0.29) is 43.1 Å². The molecule has 0 radical (unpaired) electrons. The predicted octanol–water partition coefficient (Wildman–Crippen LogP) is 0.351. The number of unbranched alkanes of at least 4 members (excludes halogenated alkanes) is 4. The Morgan fingerprint density at radius 3 is 2.34 bits per heavy atom. The molecule has 13 heteroatoms. The third-order valence-corrected chi connectivity index (χ3v) is 4.18. The predicted molar refractivity (Wildman–Crippen MR) is 123 cm³/mol. The molecule has 0 bridgehead atoms. The molecular weight excluding hydrogens is 414 g/mol. The number of rotatable bonds is 16. The van der Waals surface area contributed by atoms with E-state index in [1.165, 1.54) is 0 Å². The number of carbonyl (C=O) groups is 2. The molecule has 7 N–H and O–H groups in total. The summed E-state index contributed by atoms with van der Waals surface area (Å²) < 4.78 is 0. The van der Waals surface area contributed by atoms with Crippen molar-refractivity contribution in [2.45, 2.75) is 58.9 Å². The topological polar surface area (TPSA) is 196 Å². The molecule has 0 unspecified atom stereocenters. The number of urea groups is 1. The van der Waals surface area contributed by atoms with E-state index < -0.39 is 0 Å². The summed E-state index contributed by atoms with van der Waals surface area (Å²) in [5.74, 6) is 1.02. The molecule has 178 valence electrons. The fourth-order valence-electron chi connectivity index (χ4n) is 2.51. The van der Waals surface area contributed by atoms with Gasteiger partial charge in [0, 0.05) is 25.2 Å². The molecule has 0 aliphatic heterocycles. The molecule has 0 fully saturated rings. The van der Waals surface area contributed by atoms with Crippen molar-refractivity contribution < 1.29 is 9.59 Å². The minimum absolute atomic E-state index is 0.0985. The van der Waals surface area contributed by atoms with E-state index in [1.54, 1.807) is 6.92 Å². The summed E-state index contributed by atoms with van der Waals surface area (Å²) in [4.78, 5) is 26.7. The van der Waals surface area contributed by atoms with E-state index in [2.05, 4.69) is 46.7 Å². The van der Waals surface area contributed by atoms with E-state index in [1.807, 2.05) is 6.92 Å². The second-order valence-electron chi connectivity index (χ2n) is 7.16. The van der Waals surface area contributed by atoms with Gasteiger partial charge in [-0.2, -0.15) is 0 Å². The maximum atomic E-state index is 11.8. The fourth-order valence-corrected chi connectivity index (χ4v) is 2.51. The largest absolute Gasteiger partial charge is 0.370 e. The minimum atomic E-state index is -0.312. The smallest absolute Gasteiger partial charge is 0.315 e. The molecule has 0 spiro atoms. The molecular formula is C19H35N11O2. The van der Waals surface area contributed by atoms with Crippen LogP contribution in [0.15, 0.2) is 4.99 Å². The molecule has 0 saturated heterocycles. The molecule has 0 saturated carbocycles. The quantitative estimate of drug-likeness (QED) is 0.117. The van der Waals surface area contributed by atoms with Crippen molar-refractivity contribution in [3.8, 4) is 0 Å². The Kier molecular flexibility index (Phi) is 13.6. The second kappa shape index (κ2) is 16.3. The van der Waals surface area contributed by atoms with Crippen molar-refractivity contribution >= 4 is 29.4 Å². The van der Waals surface area contributed by atoms with Gasteiger partial charge in [0.15, 0.2) is 11.8 Å². The lowest BCUT2D eigenvalue weighted by Crippen LogP contribution is -2.40. The van der Waals surface area contributed by atoms with Crippen molar-refractivity contribution in [1.29, 1.82) is 5.41 Å². The van der Waals surface area contributed by atoms with Gasteiger partial charge in [-0.25, -0.2) is 9.79 Å². The van der Waals surface area contributed by atoms with Gasteiger partial charge in [-0.05, 0) is 26.7 Å². The molecule has 0 aliphatic rings. The Morgan fingerprint density at radius 1 is 0.969 bits per heavy atom. The summed E-state index contributed by atoms with van der Waals surface area (Å²) in [6.45, 7) is 5.17. The van der Waals surface area contributed by atoms with Crippen molar-refractivity contribution in [1.82, 2.24) is 36.3 Å². The number of amides is 2. The number of aromatic nitrogens is 4. The van der Waals surface area contributed by atoms with E-state index in [4.69, 9.17) is 11.1 Å². The summed E-state index contributed by atoms with van der Waals surface area (Å²) in [7, 11) is 0. The number of nitrogens with zero attached hydrogens (tertiary/aromatic N) is 5. The number of carbonyl (C=O) groups excluding carboxylic acids is 2. The zero-order valence-corrected chi connectivity index (χ0v) is 18.9. The molecule has 2 amide bonds. The van der Waals surface area contributed by atoms with Gasteiger partial charge in [0.2, 0.25) is 0 Å². The normalized spacial score (nSPS) is 11.0.